The fourth-order valence-electron chi connectivity index (χ4n) is 2.58. The lowest BCUT2D eigenvalue weighted by Gasteiger charge is -2.14. The van der Waals surface area contributed by atoms with Crippen molar-refractivity contribution in [2.45, 2.75) is 13.1 Å². The van der Waals surface area contributed by atoms with Gasteiger partial charge in [-0.2, -0.15) is 0 Å². The van der Waals surface area contributed by atoms with Crippen LogP contribution in [0.1, 0.15) is 11.1 Å². The summed E-state index contributed by atoms with van der Waals surface area (Å²) in [6.45, 7) is 1.61. The van der Waals surface area contributed by atoms with Gasteiger partial charge in [0.15, 0.2) is 5.96 Å². The van der Waals surface area contributed by atoms with Crippen molar-refractivity contribution in [1.82, 2.24) is 15.5 Å². The molecule has 0 aromatic heterocycles. The highest BCUT2D eigenvalue weighted by Crippen LogP contribution is 2.12. The summed E-state index contributed by atoms with van der Waals surface area (Å²) >= 11 is 0. The van der Waals surface area contributed by atoms with Gasteiger partial charge >= 0.3 is 0 Å². The highest BCUT2D eigenvalue weighted by atomic mass is 16.5. The molecule has 0 fully saturated rings. The number of aliphatic imine (C=N–C) groups is 1. The van der Waals surface area contributed by atoms with Crippen LogP contribution in [0.3, 0.4) is 0 Å². The highest BCUT2D eigenvalue weighted by molar-refractivity contribution is 5.92. The minimum Gasteiger partial charge on any atom is -0.497 e. The zero-order valence-electron chi connectivity index (χ0n) is 17.0. The minimum absolute atomic E-state index is 0.0351. The van der Waals surface area contributed by atoms with Crippen molar-refractivity contribution in [3.05, 3.63) is 59.7 Å². The molecule has 2 aromatic rings. The van der Waals surface area contributed by atoms with Crippen LogP contribution in [0.25, 0.3) is 0 Å². The van der Waals surface area contributed by atoms with Crippen LogP contribution in [0, 0.1) is 0 Å². The van der Waals surface area contributed by atoms with Crippen LogP contribution in [0.5, 0.6) is 5.75 Å². The van der Waals surface area contributed by atoms with Gasteiger partial charge in [0.1, 0.15) is 5.75 Å². The van der Waals surface area contributed by atoms with Gasteiger partial charge in [-0.25, -0.2) is 0 Å². The molecule has 2 aromatic carbocycles. The number of nitrogens with zero attached hydrogens (tertiary/aromatic N) is 2. The van der Waals surface area contributed by atoms with Crippen LogP contribution in [0.4, 0.5) is 5.69 Å². The third-order valence-electron chi connectivity index (χ3n) is 3.97. The third-order valence-corrected chi connectivity index (χ3v) is 3.97. The summed E-state index contributed by atoms with van der Waals surface area (Å²) in [7, 11) is 7.12. The molecule has 0 aliphatic carbocycles. The van der Waals surface area contributed by atoms with Crippen molar-refractivity contribution in [3.8, 4) is 5.75 Å². The van der Waals surface area contributed by atoms with E-state index in [0.717, 1.165) is 22.6 Å². The normalized spacial score (nSPS) is 11.2. The average Bonchev–Trinajstić information content (AvgIpc) is 2.68. The van der Waals surface area contributed by atoms with Gasteiger partial charge in [-0.05, 0) is 49.5 Å². The maximum atomic E-state index is 11.9. The van der Waals surface area contributed by atoms with Gasteiger partial charge in [0.25, 0.3) is 0 Å². The van der Waals surface area contributed by atoms with Gasteiger partial charge in [0, 0.05) is 25.8 Å². The molecule has 0 unspecified atom stereocenters. The Balaban J connectivity index is 1.85. The van der Waals surface area contributed by atoms with E-state index in [0.29, 0.717) is 25.6 Å². The zero-order valence-corrected chi connectivity index (χ0v) is 17.0. The van der Waals surface area contributed by atoms with Gasteiger partial charge in [0.2, 0.25) is 5.91 Å². The van der Waals surface area contributed by atoms with Crippen LogP contribution in [0.15, 0.2) is 53.5 Å². The Labute approximate surface area is 166 Å². The van der Waals surface area contributed by atoms with E-state index in [1.807, 2.05) is 67.5 Å². The number of hydrogen-bond donors (Lipinski definition) is 3. The van der Waals surface area contributed by atoms with Gasteiger partial charge in [0.05, 0.1) is 13.7 Å². The summed E-state index contributed by atoms with van der Waals surface area (Å²) in [6.07, 6.45) is 0. The van der Waals surface area contributed by atoms with Crippen molar-refractivity contribution in [2.24, 2.45) is 4.99 Å². The number of carbonyl (C=O) groups excluding carboxylic acids is 1. The Kier molecular flexibility index (Phi) is 8.30. The topological polar surface area (TPSA) is 78.0 Å². The Hall–Kier alpha value is -3.06. The predicted octanol–water partition coefficient (Wildman–Crippen LogP) is 2.06. The number of hydrogen-bond acceptors (Lipinski definition) is 4. The second-order valence-corrected chi connectivity index (χ2v) is 6.61. The summed E-state index contributed by atoms with van der Waals surface area (Å²) in [5.41, 5.74) is 2.97. The summed E-state index contributed by atoms with van der Waals surface area (Å²) in [5, 5.41) is 9.48. The van der Waals surface area contributed by atoms with Crippen molar-refractivity contribution in [3.63, 3.8) is 0 Å². The average molecular weight is 383 g/mol. The van der Waals surface area contributed by atoms with Gasteiger partial charge in [-0.1, -0.05) is 24.3 Å². The highest BCUT2D eigenvalue weighted by Gasteiger charge is 2.05. The van der Waals surface area contributed by atoms with Crippen LogP contribution < -0.4 is 20.7 Å². The number of rotatable bonds is 8. The van der Waals surface area contributed by atoms with E-state index in [1.54, 1.807) is 14.2 Å². The number of guanidine groups is 1. The summed E-state index contributed by atoms with van der Waals surface area (Å²) in [4.78, 5) is 18.0. The first-order valence-corrected chi connectivity index (χ1v) is 9.11. The molecule has 3 N–H and O–H groups in total. The molecule has 0 aliphatic rings. The van der Waals surface area contributed by atoms with E-state index in [1.165, 1.54) is 0 Å². The lowest BCUT2D eigenvalue weighted by molar-refractivity contribution is -0.116. The summed E-state index contributed by atoms with van der Waals surface area (Å²) in [5.74, 6) is 1.51. The van der Waals surface area contributed by atoms with E-state index in [4.69, 9.17) is 4.74 Å². The van der Waals surface area contributed by atoms with Crippen molar-refractivity contribution in [1.29, 1.82) is 0 Å². The molecular weight excluding hydrogens is 354 g/mol. The SMILES string of the molecule is CN=C(NCc1ccc(OC)cc1)NCc1cccc(NC(=O)CN(C)C)c1. The molecule has 150 valence electrons. The maximum absolute atomic E-state index is 11.9. The van der Waals surface area contributed by atoms with Crippen molar-refractivity contribution >= 4 is 17.6 Å². The molecule has 2 rings (SSSR count). The van der Waals surface area contributed by atoms with E-state index >= 15 is 0 Å². The molecule has 0 radical (unpaired) electrons. The summed E-state index contributed by atoms with van der Waals surface area (Å²) < 4.78 is 5.17. The van der Waals surface area contributed by atoms with E-state index < -0.39 is 0 Å². The van der Waals surface area contributed by atoms with Crippen molar-refractivity contribution in [2.75, 3.05) is 40.1 Å². The standard InChI is InChI=1S/C21H29N5O2/c1-22-21(23-13-16-8-10-19(28-4)11-9-16)24-14-17-6-5-7-18(12-17)25-20(27)15-26(2)3/h5-12H,13-15H2,1-4H3,(H,25,27)(H2,22,23,24). The molecule has 0 spiro atoms. The molecule has 0 heterocycles. The quantitative estimate of drug-likeness (QED) is 0.480. The predicted molar refractivity (Wildman–Crippen MR) is 114 cm³/mol. The molecule has 1 amide bonds. The Morgan fingerprint density at radius 1 is 1.04 bits per heavy atom. The maximum Gasteiger partial charge on any atom is 0.238 e. The van der Waals surface area contributed by atoms with Gasteiger partial charge < -0.3 is 25.6 Å². The fraction of sp³-hybridized carbons (Fsp3) is 0.333. The molecule has 0 saturated heterocycles. The second-order valence-electron chi connectivity index (χ2n) is 6.61. The number of nitrogens with one attached hydrogen (secondary N) is 3. The first-order chi connectivity index (χ1) is 13.5. The lowest BCUT2D eigenvalue weighted by Crippen LogP contribution is -2.36. The molecule has 0 atom stereocenters. The lowest BCUT2D eigenvalue weighted by atomic mass is 10.2. The van der Waals surface area contributed by atoms with E-state index in [9.17, 15) is 4.79 Å². The zero-order chi connectivity index (χ0) is 20.4. The fourth-order valence-corrected chi connectivity index (χ4v) is 2.58. The number of benzene rings is 2. The first-order valence-electron chi connectivity index (χ1n) is 9.11. The first kappa shape index (κ1) is 21.2. The molecular formula is C21H29N5O2. The molecule has 0 saturated carbocycles. The van der Waals surface area contributed by atoms with Crippen LogP contribution in [-0.4, -0.2) is 51.6 Å². The van der Waals surface area contributed by atoms with E-state index in [-0.39, 0.29) is 5.91 Å². The minimum atomic E-state index is -0.0351. The molecule has 0 bridgehead atoms. The van der Waals surface area contributed by atoms with Gasteiger partial charge in [-0.15, -0.1) is 0 Å². The second kappa shape index (κ2) is 10.9. The smallest absolute Gasteiger partial charge is 0.238 e. The number of likely N-dealkylation sites (N-methyl/N-ethyl adjacent to an activating group) is 1. The van der Waals surface area contributed by atoms with Crippen molar-refractivity contribution < 1.29 is 9.53 Å². The Morgan fingerprint density at radius 2 is 1.71 bits per heavy atom. The van der Waals surface area contributed by atoms with Crippen LogP contribution in [-0.2, 0) is 17.9 Å². The third kappa shape index (κ3) is 7.28. The number of ether oxygens (including phenoxy) is 1. The van der Waals surface area contributed by atoms with E-state index in [2.05, 4.69) is 20.9 Å². The van der Waals surface area contributed by atoms with Crippen LogP contribution in [0.2, 0.25) is 0 Å². The molecule has 7 heteroatoms. The van der Waals surface area contributed by atoms with Crippen LogP contribution >= 0.6 is 0 Å². The molecule has 0 aliphatic heterocycles. The number of amides is 1. The number of methoxy groups -OCH3 is 1. The number of anilines is 1. The molecule has 28 heavy (non-hydrogen) atoms. The van der Waals surface area contributed by atoms with Gasteiger partial charge in [-0.3, -0.25) is 9.79 Å². The Morgan fingerprint density at radius 3 is 2.32 bits per heavy atom. The summed E-state index contributed by atoms with van der Waals surface area (Å²) in [6, 6.07) is 15.7. The monoisotopic (exact) mass is 383 g/mol. The Bertz CT molecular complexity index is 788. The largest absolute Gasteiger partial charge is 0.497 e. The molecule has 7 nitrogen and oxygen atoms in total. The number of carbonyl (C=O) groups is 1.